The topological polar surface area (TPSA) is 47.4 Å². The zero-order valence-corrected chi connectivity index (χ0v) is 16.0. The summed E-state index contributed by atoms with van der Waals surface area (Å²) in [5.41, 5.74) is 1.14. The standard InChI is InChI=1S/C21H29N3O2/c1-16(2)24-13-11-22-21(24)18-7-5-12-23(15-18)20(25)10-9-17-6-4-8-19(14-17)26-3/h4,6,8,11,13-14,16,18H,5,7,9-10,12,15H2,1-3H3. The van der Waals surface area contributed by atoms with Crippen molar-refractivity contribution in [1.82, 2.24) is 14.5 Å². The molecule has 0 N–H and O–H groups in total. The average molecular weight is 355 g/mol. The summed E-state index contributed by atoms with van der Waals surface area (Å²) in [5.74, 6) is 2.53. The van der Waals surface area contributed by atoms with Crippen LogP contribution >= 0.6 is 0 Å². The molecule has 1 aromatic carbocycles. The third-order valence-electron chi connectivity index (χ3n) is 5.16. The van der Waals surface area contributed by atoms with Crippen molar-refractivity contribution in [1.29, 1.82) is 0 Å². The molecule has 0 radical (unpaired) electrons. The first-order chi connectivity index (χ1) is 12.6. The van der Waals surface area contributed by atoms with Crippen molar-refractivity contribution in [3.8, 4) is 5.75 Å². The van der Waals surface area contributed by atoms with Crippen molar-refractivity contribution in [2.45, 2.75) is 51.5 Å². The number of carbonyl (C=O) groups is 1. The van der Waals surface area contributed by atoms with Crippen LogP contribution in [-0.2, 0) is 11.2 Å². The first kappa shape index (κ1) is 18.5. The largest absolute Gasteiger partial charge is 0.497 e. The van der Waals surface area contributed by atoms with Gasteiger partial charge in [-0.1, -0.05) is 12.1 Å². The van der Waals surface area contributed by atoms with Crippen LogP contribution in [0.1, 0.15) is 56.5 Å². The highest BCUT2D eigenvalue weighted by Crippen LogP contribution is 2.28. The highest BCUT2D eigenvalue weighted by molar-refractivity contribution is 5.76. The van der Waals surface area contributed by atoms with Crippen LogP contribution in [-0.4, -0.2) is 40.6 Å². The van der Waals surface area contributed by atoms with E-state index in [1.807, 2.05) is 41.6 Å². The Morgan fingerprint density at radius 1 is 1.38 bits per heavy atom. The lowest BCUT2D eigenvalue weighted by Gasteiger charge is -2.33. The van der Waals surface area contributed by atoms with E-state index >= 15 is 0 Å². The summed E-state index contributed by atoms with van der Waals surface area (Å²) >= 11 is 0. The number of hydrogen-bond acceptors (Lipinski definition) is 3. The zero-order chi connectivity index (χ0) is 18.5. The fraction of sp³-hybridized carbons (Fsp3) is 0.524. The van der Waals surface area contributed by atoms with Crippen LogP contribution in [0.5, 0.6) is 5.75 Å². The molecule has 1 aliphatic heterocycles. The molecule has 1 saturated heterocycles. The van der Waals surface area contributed by atoms with Gasteiger partial charge in [-0.3, -0.25) is 4.79 Å². The number of nitrogens with zero attached hydrogens (tertiary/aromatic N) is 3. The Hall–Kier alpha value is -2.30. The predicted molar refractivity (Wildman–Crippen MR) is 102 cm³/mol. The third-order valence-corrected chi connectivity index (χ3v) is 5.16. The van der Waals surface area contributed by atoms with Crippen LogP contribution in [0.25, 0.3) is 0 Å². The third kappa shape index (κ3) is 4.26. The maximum Gasteiger partial charge on any atom is 0.222 e. The lowest BCUT2D eigenvalue weighted by molar-refractivity contribution is -0.132. The van der Waals surface area contributed by atoms with Crippen LogP contribution in [0, 0.1) is 0 Å². The van der Waals surface area contributed by atoms with Gasteiger partial charge in [0.1, 0.15) is 11.6 Å². The van der Waals surface area contributed by atoms with Gasteiger partial charge in [0.05, 0.1) is 7.11 Å². The Kier molecular flexibility index (Phi) is 5.96. The molecule has 0 bridgehead atoms. The minimum Gasteiger partial charge on any atom is -0.497 e. The number of likely N-dealkylation sites (tertiary alicyclic amines) is 1. The van der Waals surface area contributed by atoms with Gasteiger partial charge in [-0.05, 0) is 50.8 Å². The maximum absolute atomic E-state index is 12.7. The second-order valence-electron chi connectivity index (χ2n) is 7.32. The van der Waals surface area contributed by atoms with Crippen molar-refractivity contribution < 1.29 is 9.53 Å². The number of hydrogen-bond donors (Lipinski definition) is 0. The molecule has 1 atom stereocenters. The fourth-order valence-electron chi connectivity index (χ4n) is 3.73. The van der Waals surface area contributed by atoms with Crippen molar-refractivity contribution in [3.05, 3.63) is 48.0 Å². The van der Waals surface area contributed by atoms with E-state index in [0.717, 1.165) is 49.5 Å². The molecule has 1 fully saturated rings. The molecule has 140 valence electrons. The van der Waals surface area contributed by atoms with E-state index in [9.17, 15) is 4.79 Å². The Labute approximate surface area is 156 Å². The first-order valence-electron chi connectivity index (χ1n) is 9.52. The zero-order valence-electron chi connectivity index (χ0n) is 16.0. The van der Waals surface area contributed by atoms with Crippen LogP contribution < -0.4 is 4.74 Å². The van der Waals surface area contributed by atoms with Crippen LogP contribution in [0.3, 0.4) is 0 Å². The van der Waals surface area contributed by atoms with E-state index < -0.39 is 0 Å². The van der Waals surface area contributed by atoms with E-state index in [4.69, 9.17) is 4.74 Å². The summed E-state index contributed by atoms with van der Waals surface area (Å²) in [7, 11) is 1.67. The Morgan fingerprint density at radius 3 is 3.00 bits per heavy atom. The SMILES string of the molecule is COc1cccc(CCC(=O)N2CCCC(c3nccn3C(C)C)C2)c1. The minimum absolute atomic E-state index is 0.236. The molecule has 5 nitrogen and oxygen atoms in total. The van der Waals surface area contributed by atoms with Crippen molar-refractivity contribution >= 4 is 5.91 Å². The van der Waals surface area contributed by atoms with Gasteiger partial charge in [0.2, 0.25) is 5.91 Å². The van der Waals surface area contributed by atoms with Crippen LogP contribution in [0.4, 0.5) is 0 Å². The Morgan fingerprint density at radius 2 is 2.23 bits per heavy atom. The maximum atomic E-state index is 12.7. The van der Waals surface area contributed by atoms with Gasteiger partial charge >= 0.3 is 0 Å². The van der Waals surface area contributed by atoms with Crippen molar-refractivity contribution in [2.24, 2.45) is 0 Å². The fourth-order valence-corrected chi connectivity index (χ4v) is 3.73. The summed E-state index contributed by atoms with van der Waals surface area (Å²) in [6, 6.07) is 8.35. The number of methoxy groups -OCH3 is 1. The second-order valence-corrected chi connectivity index (χ2v) is 7.32. The van der Waals surface area contributed by atoms with Crippen molar-refractivity contribution in [3.63, 3.8) is 0 Å². The molecule has 1 unspecified atom stereocenters. The molecular weight excluding hydrogens is 326 g/mol. The molecule has 0 spiro atoms. The number of benzene rings is 1. The number of aromatic nitrogens is 2. The van der Waals surface area contributed by atoms with Crippen LogP contribution in [0.15, 0.2) is 36.7 Å². The van der Waals surface area contributed by atoms with E-state index in [2.05, 4.69) is 23.4 Å². The molecular formula is C21H29N3O2. The molecule has 26 heavy (non-hydrogen) atoms. The molecule has 2 aromatic rings. The summed E-state index contributed by atoms with van der Waals surface area (Å²) in [4.78, 5) is 19.3. The van der Waals surface area contributed by atoms with Gasteiger partial charge in [0.25, 0.3) is 0 Å². The molecule has 5 heteroatoms. The van der Waals surface area contributed by atoms with Gasteiger partial charge in [-0.25, -0.2) is 4.98 Å². The minimum atomic E-state index is 0.236. The van der Waals surface area contributed by atoms with E-state index in [0.29, 0.717) is 18.4 Å². The number of piperidine rings is 1. The Bertz CT molecular complexity index is 738. The predicted octanol–water partition coefficient (Wildman–Crippen LogP) is 3.81. The summed E-state index contributed by atoms with van der Waals surface area (Å²) in [5, 5.41) is 0. The van der Waals surface area contributed by atoms with Gasteiger partial charge in [-0.2, -0.15) is 0 Å². The molecule has 1 aromatic heterocycles. The number of carbonyl (C=O) groups excluding carboxylic acids is 1. The number of amides is 1. The second kappa shape index (κ2) is 8.39. The smallest absolute Gasteiger partial charge is 0.222 e. The summed E-state index contributed by atoms with van der Waals surface area (Å²) in [6.07, 6.45) is 7.35. The molecule has 3 rings (SSSR count). The molecule has 0 aliphatic carbocycles. The number of aryl methyl sites for hydroxylation is 1. The van der Waals surface area contributed by atoms with E-state index in [1.54, 1.807) is 7.11 Å². The normalized spacial score (nSPS) is 17.5. The van der Waals surface area contributed by atoms with Gasteiger partial charge < -0.3 is 14.2 Å². The quantitative estimate of drug-likeness (QED) is 0.791. The van der Waals surface area contributed by atoms with Crippen LogP contribution in [0.2, 0.25) is 0 Å². The lowest BCUT2D eigenvalue weighted by atomic mass is 9.96. The van der Waals surface area contributed by atoms with Gasteiger partial charge in [0.15, 0.2) is 0 Å². The molecule has 1 aliphatic rings. The van der Waals surface area contributed by atoms with Gasteiger partial charge in [-0.15, -0.1) is 0 Å². The monoisotopic (exact) mass is 355 g/mol. The number of imidazole rings is 1. The average Bonchev–Trinajstić information content (AvgIpc) is 3.16. The van der Waals surface area contributed by atoms with E-state index in [1.165, 1.54) is 0 Å². The number of ether oxygens (including phenoxy) is 1. The Balaban J connectivity index is 1.60. The molecule has 0 saturated carbocycles. The summed E-state index contributed by atoms with van der Waals surface area (Å²) in [6.45, 7) is 5.98. The molecule has 1 amide bonds. The van der Waals surface area contributed by atoms with Gasteiger partial charge in [0, 0.05) is 43.9 Å². The van der Waals surface area contributed by atoms with E-state index in [-0.39, 0.29) is 5.91 Å². The molecule has 2 heterocycles. The van der Waals surface area contributed by atoms with Crippen molar-refractivity contribution in [2.75, 3.05) is 20.2 Å². The first-order valence-corrected chi connectivity index (χ1v) is 9.52. The number of rotatable bonds is 6. The lowest BCUT2D eigenvalue weighted by Crippen LogP contribution is -2.40. The summed E-state index contributed by atoms with van der Waals surface area (Å²) < 4.78 is 7.49. The highest BCUT2D eigenvalue weighted by atomic mass is 16.5. The highest BCUT2D eigenvalue weighted by Gasteiger charge is 2.27.